The Kier molecular flexibility index (Phi) is 4.26. The number of halogens is 1. The van der Waals surface area contributed by atoms with Gasteiger partial charge in [-0.2, -0.15) is 0 Å². The normalized spacial score (nSPS) is 24.9. The molecule has 2 aromatic carbocycles. The van der Waals surface area contributed by atoms with Gasteiger partial charge in [0.25, 0.3) is 0 Å². The Bertz CT molecular complexity index is 1310. The van der Waals surface area contributed by atoms with Gasteiger partial charge in [-0.1, -0.05) is 38.1 Å². The lowest BCUT2D eigenvalue weighted by molar-refractivity contribution is 0.127. The van der Waals surface area contributed by atoms with Gasteiger partial charge in [0.05, 0.1) is 17.5 Å². The van der Waals surface area contributed by atoms with Crippen LogP contribution < -0.4 is 10.1 Å². The number of hydrogen-bond donors (Lipinski definition) is 1. The lowest BCUT2D eigenvalue weighted by Crippen LogP contribution is -2.49. The highest BCUT2D eigenvalue weighted by Crippen LogP contribution is 2.19. The average Bonchev–Trinajstić information content (AvgIpc) is 2.88. The Morgan fingerprint density at radius 3 is 2.52 bits per heavy atom. The van der Waals surface area contributed by atoms with Crippen LogP contribution in [0.25, 0.3) is 0 Å². The van der Waals surface area contributed by atoms with Crippen molar-refractivity contribution in [1.29, 1.82) is 0 Å². The molecule has 1 N–H and O–H groups in total. The summed E-state index contributed by atoms with van der Waals surface area (Å²) in [6, 6.07) is -1.09. The van der Waals surface area contributed by atoms with Gasteiger partial charge in [-0.15, -0.1) is 0 Å². The van der Waals surface area contributed by atoms with Crippen molar-refractivity contribution in [2.24, 2.45) is 5.92 Å². The van der Waals surface area contributed by atoms with Crippen LogP contribution in [0.2, 0.25) is 0 Å². The molecule has 31 heavy (non-hydrogen) atoms. The molecule has 5 nitrogen and oxygen atoms in total. The van der Waals surface area contributed by atoms with E-state index in [2.05, 4.69) is 5.32 Å². The van der Waals surface area contributed by atoms with Gasteiger partial charge in [0.15, 0.2) is 0 Å². The molecule has 6 heteroatoms. The van der Waals surface area contributed by atoms with Crippen LogP contribution in [0.1, 0.15) is 54.3 Å². The average molecular weight is 440 g/mol. The molecule has 0 aromatic heterocycles. The Morgan fingerprint density at radius 2 is 1.90 bits per heavy atom. The Morgan fingerprint density at radius 1 is 1.26 bits per heavy atom. The van der Waals surface area contributed by atoms with Crippen molar-refractivity contribution in [3.8, 4) is 5.75 Å². The fourth-order valence-corrected chi connectivity index (χ4v) is 2.70. The quantitative estimate of drug-likeness (QED) is 0.650. The number of hydrogen-bond acceptors (Lipinski definition) is 3. The second-order valence-electron chi connectivity index (χ2n) is 7.29. The van der Waals surface area contributed by atoms with Crippen LogP contribution in [-0.4, -0.2) is 48.5 Å². The van der Waals surface area contributed by atoms with Crippen molar-refractivity contribution in [3.63, 3.8) is 0 Å². The number of urea groups is 1. The van der Waals surface area contributed by atoms with Crippen molar-refractivity contribution in [2.45, 2.75) is 45.8 Å². The number of carbonyl (C=O) groups is 1. The summed E-state index contributed by atoms with van der Waals surface area (Å²) in [5.74, 6) is -1.72. The number of nitrogens with zero attached hydrogens (tertiary/aromatic N) is 2. The van der Waals surface area contributed by atoms with Gasteiger partial charge in [0.1, 0.15) is 11.6 Å². The number of piperidine rings is 1. The van der Waals surface area contributed by atoms with Crippen molar-refractivity contribution >= 4 is 6.03 Å². The van der Waals surface area contributed by atoms with Crippen LogP contribution in [-0.2, 0) is 13.0 Å². The molecule has 3 rings (SSSR count). The third-order valence-corrected chi connectivity index (χ3v) is 4.32. The number of rotatable bonds is 8. The molecule has 1 fully saturated rings. The second-order valence-corrected chi connectivity index (χ2v) is 7.29. The minimum absolute atomic E-state index is 0.215. The first kappa shape index (κ1) is 11.9. The summed E-state index contributed by atoms with van der Waals surface area (Å²) in [4.78, 5) is 15.0. The number of carbonyl (C=O) groups excluding carboxylic acids is 1. The van der Waals surface area contributed by atoms with E-state index in [4.69, 9.17) is 21.2 Å². The summed E-state index contributed by atoms with van der Waals surface area (Å²) in [6.45, 7) is -6.71. The summed E-state index contributed by atoms with van der Waals surface area (Å²) in [5.41, 5.74) is -0.480. The molecule has 1 heterocycles. The fraction of sp³-hybridized carbons (Fsp3) is 0.480. The lowest BCUT2D eigenvalue weighted by atomic mass is 10.0. The van der Waals surface area contributed by atoms with Crippen molar-refractivity contribution < 1.29 is 30.4 Å². The van der Waals surface area contributed by atoms with Gasteiger partial charge in [-0.05, 0) is 74.1 Å². The van der Waals surface area contributed by atoms with E-state index in [0.29, 0.717) is 10.5 Å². The molecule has 0 saturated carbocycles. The maximum absolute atomic E-state index is 14.3. The van der Waals surface area contributed by atoms with Crippen LogP contribution in [0.3, 0.4) is 0 Å². The zero-order chi connectivity index (χ0) is 32.9. The maximum Gasteiger partial charge on any atom is 0.318 e. The standard InChI is InChI=1S/C25H34FN3O2/c1-19(2)18-31-24-10-6-20(7-11-24)16-27-25(30)29(23-12-14-28(3)15-13-23)17-21-4-8-22(26)9-5-21/h4-11,19,23H,12-18H2,1-3H3,(H,27,30)/i4D,5D,8D,9D,14D2,15D2,17D2,18D2. The number of amides is 2. The molecular formula is C25H34FN3O2. The Labute approximate surface area is 202 Å². The fourth-order valence-electron chi connectivity index (χ4n) is 2.70. The Balaban J connectivity index is 2.01. The molecule has 0 aliphatic carbocycles. The first-order chi connectivity index (χ1) is 19.5. The minimum atomic E-state index is -3.18. The molecule has 1 saturated heterocycles. The van der Waals surface area contributed by atoms with E-state index in [1.165, 1.54) is 31.3 Å². The largest absolute Gasteiger partial charge is 0.493 e. The molecule has 0 radical (unpaired) electrons. The highest BCUT2D eigenvalue weighted by atomic mass is 19.1. The molecule has 2 amide bonds. The molecule has 0 spiro atoms. The number of ether oxygens (including phenoxy) is 1. The molecule has 0 unspecified atom stereocenters. The van der Waals surface area contributed by atoms with E-state index in [1.807, 2.05) is 0 Å². The molecule has 168 valence electrons. The first-order valence-corrected chi connectivity index (χ1v) is 9.90. The van der Waals surface area contributed by atoms with Crippen molar-refractivity contribution in [2.75, 3.05) is 26.6 Å². The minimum Gasteiger partial charge on any atom is -0.493 e. The topological polar surface area (TPSA) is 44.8 Å². The number of nitrogens with one attached hydrogen (secondary N) is 1. The van der Waals surface area contributed by atoms with Crippen molar-refractivity contribution in [3.05, 3.63) is 65.4 Å². The number of likely N-dealkylation sites (tertiary alicyclic amines) is 1. The third kappa shape index (κ3) is 7.24. The third-order valence-electron chi connectivity index (χ3n) is 4.32. The van der Waals surface area contributed by atoms with E-state index >= 15 is 0 Å². The summed E-state index contributed by atoms with van der Waals surface area (Å²) in [7, 11) is 1.21. The van der Waals surface area contributed by atoms with Crippen molar-refractivity contribution in [1.82, 2.24) is 15.1 Å². The van der Waals surface area contributed by atoms with Gasteiger partial charge in [0.2, 0.25) is 0 Å². The lowest BCUT2D eigenvalue weighted by Gasteiger charge is -2.37. The monoisotopic (exact) mass is 439 g/mol. The van der Waals surface area contributed by atoms with Crippen LogP contribution in [0.4, 0.5) is 9.18 Å². The van der Waals surface area contributed by atoms with Crippen LogP contribution in [0.15, 0.2) is 48.4 Å². The van der Waals surface area contributed by atoms with Gasteiger partial charge in [0, 0.05) is 24.6 Å². The van der Waals surface area contributed by atoms with Crippen LogP contribution >= 0.6 is 0 Å². The van der Waals surface area contributed by atoms with E-state index in [9.17, 15) is 9.18 Å². The van der Waals surface area contributed by atoms with E-state index in [0.717, 1.165) is 4.90 Å². The van der Waals surface area contributed by atoms with Gasteiger partial charge >= 0.3 is 6.03 Å². The van der Waals surface area contributed by atoms with Crippen LogP contribution in [0.5, 0.6) is 5.75 Å². The summed E-state index contributed by atoms with van der Waals surface area (Å²) in [5, 5.41) is 2.49. The van der Waals surface area contributed by atoms with E-state index in [1.54, 1.807) is 13.8 Å². The summed E-state index contributed by atoms with van der Waals surface area (Å²) < 4.78 is 119. The summed E-state index contributed by atoms with van der Waals surface area (Å²) in [6.07, 6.45) is -1.13. The Hall–Kier alpha value is -2.60. The molecule has 2 aromatic rings. The SMILES string of the molecule is [2H]c1c([2H])c(C([2H])([2H])N(C(=O)NCc2ccc(OC([2H])([2H])C(C)C)cc2)C2CC([2H])([2H])N(C)C([2H])([2H])C2)c([2H])c([2H])c1F. The maximum atomic E-state index is 14.3. The molecule has 0 atom stereocenters. The van der Waals surface area contributed by atoms with E-state index in [-0.39, 0.29) is 12.3 Å². The zero-order valence-corrected chi connectivity index (χ0v) is 17.7. The van der Waals surface area contributed by atoms with Gasteiger partial charge in [-0.3, -0.25) is 0 Å². The molecule has 1 aliphatic heterocycles. The van der Waals surface area contributed by atoms with E-state index < -0.39 is 92.4 Å². The van der Waals surface area contributed by atoms with Crippen LogP contribution in [0, 0.1) is 11.7 Å². The zero-order valence-electron chi connectivity index (χ0n) is 29.7. The first-order valence-electron chi connectivity index (χ1n) is 15.9. The second kappa shape index (κ2) is 11.1. The number of benzene rings is 2. The molecule has 0 bridgehead atoms. The molecule has 1 aliphatic rings. The molecular weight excluding hydrogens is 393 g/mol. The summed E-state index contributed by atoms with van der Waals surface area (Å²) >= 11 is 0. The smallest absolute Gasteiger partial charge is 0.318 e. The predicted octanol–water partition coefficient (Wildman–Crippen LogP) is 4.67. The van der Waals surface area contributed by atoms with Gasteiger partial charge in [-0.25, -0.2) is 9.18 Å². The highest BCUT2D eigenvalue weighted by molar-refractivity contribution is 5.74. The van der Waals surface area contributed by atoms with Gasteiger partial charge < -0.3 is 19.9 Å². The predicted molar refractivity (Wildman–Crippen MR) is 121 cm³/mol. The highest BCUT2D eigenvalue weighted by Gasteiger charge is 2.27.